The van der Waals surface area contributed by atoms with Gasteiger partial charge in [0.15, 0.2) is 0 Å². The molecule has 2 heterocycles. The molecule has 0 aliphatic carbocycles. The smallest absolute Gasteiger partial charge is 0.236 e. The molecule has 0 unspecified atom stereocenters. The normalized spacial score (nSPS) is 21.4. The van der Waals surface area contributed by atoms with Gasteiger partial charge in [0.05, 0.1) is 6.54 Å². The molecule has 0 radical (unpaired) electrons. The molecule has 0 saturated carbocycles. The van der Waals surface area contributed by atoms with E-state index in [1.54, 1.807) is 0 Å². The second kappa shape index (κ2) is 6.53. The molecule has 2 fully saturated rings. The van der Waals surface area contributed by atoms with E-state index in [1.165, 1.54) is 19.3 Å². The van der Waals surface area contributed by atoms with Crippen LogP contribution in [0, 0.1) is 5.92 Å². The number of hydrogen-bond acceptors (Lipinski definition) is 3. The maximum atomic E-state index is 12.1. The maximum absolute atomic E-state index is 12.1. The Kier molecular flexibility index (Phi) is 5.01. The van der Waals surface area contributed by atoms with Gasteiger partial charge in [0.25, 0.3) is 0 Å². The number of likely N-dealkylation sites (tertiary alicyclic amines) is 1. The first-order chi connectivity index (χ1) is 8.66. The van der Waals surface area contributed by atoms with Crippen LogP contribution < -0.4 is 5.32 Å². The van der Waals surface area contributed by atoms with E-state index in [4.69, 9.17) is 0 Å². The Morgan fingerprint density at radius 1 is 1.33 bits per heavy atom. The molecule has 2 rings (SSSR count). The third-order valence-corrected chi connectivity index (χ3v) is 4.23. The Morgan fingerprint density at radius 2 is 2.00 bits per heavy atom. The second-order valence-corrected chi connectivity index (χ2v) is 5.95. The van der Waals surface area contributed by atoms with Crippen molar-refractivity contribution >= 4 is 5.91 Å². The van der Waals surface area contributed by atoms with Crippen molar-refractivity contribution in [3.8, 4) is 0 Å². The van der Waals surface area contributed by atoms with E-state index in [-0.39, 0.29) is 0 Å². The molecule has 4 heteroatoms. The van der Waals surface area contributed by atoms with Crippen molar-refractivity contribution in [3.05, 3.63) is 0 Å². The van der Waals surface area contributed by atoms with Gasteiger partial charge in [0.1, 0.15) is 0 Å². The second-order valence-electron chi connectivity index (χ2n) is 5.95. The summed E-state index contributed by atoms with van der Waals surface area (Å²) < 4.78 is 0. The summed E-state index contributed by atoms with van der Waals surface area (Å²) in [6, 6.07) is 0.463. The van der Waals surface area contributed by atoms with Crippen molar-refractivity contribution in [1.82, 2.24) is 15.1 Å². The van der Waals surface area contributed by atoms with E-state index in [1.807, 2.05) is 4.90 Å². The van der Waals surface area contributed by atoms with Crippen LogP contribution in [0.1, 0.15) is 33.1 Å². The summed E-state index contributed by atoms with van der Waals surface area (Å²) in [5, 5.41) is 3.40. The molecule has 2 aliphatic rings. The topological polar surface area (TPSA) is 35.6 Å². The lowest BCUT2D eigenvalue weighted by Gasteiger charge is -2.36. The van der Waals surface area contributed by atoms with Crippen LogP contribution in [0.4, 0.5) is 0 Å². The number of carbonyl (C=O) groups is 1. The van der Waals surface area contributed by atoms with Crippen LogP contribution in [-0.2, 0) is 4.79 Å². The number of nitrogens with zero attached hydrogens (tertiary/aromatic N) is 2. The van der Waals surface area contributed by atoms with Gasteiger partial charge >= 0.3 is 0 Å². The molecule has 4 nitrogen and oxygen atoms in total. The Labute approximate surface area is 111 Å². The monoisotopic (exact) mass is 253 g/mol. The van der Waals surface area contributed by atoms with E-state index in [9.17, 15) is 4.79 Å². The quantitative estimate of drug-likeness (QED) is 0.792. The van der Waals surface area contributed by atoms with Crippen LogP contribution in [0.3, 0.4) is 0 Å². The number of nitrogens with one attached hydrogen (secondary N) is 1. The molecule has 2 saturated heterocycles. The van der Waals surface area contributed by atoms with E-state index >= 15 is 0 Å². The van der Waals surface area contributed by atoms with Crippen molar-refractivity contribution < 1.29 is 4.79 Å². The SMILES string of the molecule is CC(C)N(CC(=O)N1CCC1)CC1CCNCC1. The summed E-state index contributed by atoms with van der Waals surface area (Å²) in [5.41, 5.74) is 0. The molecular formula is C14H27N3O. The van der Waals surface area contributed by atoms with E-state index in [0.717, 1.165) is 38.6 Å². The lowest BCUT2D eigenvalue weighted by Crippen LogP contribution is -2.49. The molecule has 0 bridgehead atoms. The molecule has 104 valence electrons. The van der Waals surface area contributed by atoms with Crippen molar-refractivity contribution in [2.45, 2.75) is 39.2 Å². The first-order valence-electron chi connectivity index (χ1n) is 7.39. The first kappa shape index (κ1) is 13.8. The fourth-order valence-corrected chi connectivity index (χ4v) is 2.69. The summed E-state index contributed by atoms with van der Waals surface area (Å²) in [5.74, 6) is 1.08. The predicted molar refractivity (Wildman–Crippen MR) is 73.5 cm³/mol. The molecule has 0 atom stereocenters. The highest BCUT2D eigenvalue weighted by atomic mass is 16.2. The molecule has 18 heavy (non-hydrogen) atoms. The van der Waals surface area contributed by atoms with Crippen LogP contribution in [-0.4, -0.2) is 61.0 Å². The Hall–Kier alpha value is -0.610. The molecule has 1 N–H and O–H groups in total. The fourth-order valence-electron chi connectivity index (χ4n) is 2.69. The van der Waals surface area contributed by atoms with Gasteiger partial charge in [0.2, 0.25) is 5.91 Å². The van der Waals surface area contributed by atoms with Crippen LogP contribution in [0.2, 0.25) is 0 Å². The average Bonchev–Trinajstić information content (AvgIpc) is 2.27. The lowest BCUT2D eigenvalue weighted by atomic mass is 9.97. The molecule has 0 aromatic heterocycles. The molecule has 0 aromatic rings. The van der Waals surface area contributed by atoms with Gasteiger partial charge < -0.3 is 10.2 Å². The van der Waals surface area contributed by atoms with Crippen molar-refractivity contribution in [3.63, 3.8) is 0 Å². The van der Waals surface area contributed by atoms with Gasteiger partial charge in [-0.2, -0.15) is 0 Å². The fraction of sp³-hybridized carbons (Fsp3) is 0.929. The van der Waals surface area contributed by atoms with E-state index in [2.05, 4.69) is 24.1 Å². The highest BCUT2D eigenvalue weighted by molar-refractivity contribution is 5.78. The minimum atomic E-state index is 0.323. The molecule has 2 aliphatic heterocycles. The number of amides is 1. The third kappa shape index (κ3) is 3.69. The largest absolute Gasteiger partial charge is 0.341 e. The highest BCUT2D eigenvalue weighted by Crippen LogP contribution is 2.16. The number of rotatable bonds is 5. The van der Waals surface area contributed by atoms with Gasteiger partial charge in [-0.25, -0.2) is 0 Å². The summed E-state index contributed by atoms with van der Waals surface area (Å²) in [6.45, 7) is 10.3. The number of hydrogen-bond donors (Lipinski definition) is 1. The van der Waals surface area contributed by atoms with Gasteiger partial charge in [-0.3, -0.25) is 9.69 Å². The summed E-state index contributed by atoms with van der Waals surface area (Å²) >= 11 is 0. The van der Waals surface area contributed by atoms with E-state index < -0.39 is 0 Å². The minimum Gasteiger partial charge on any atom is -0.341 e. The number of carbonyl (C=O) groups excluding carboxylic acids is 1. The Balaban J connectivity index is 1.80. The zero-order valence-electron chi connectivity index (χ0n) is 11.8. The first-order valence-corrected chi connectivity index (χ1v) is 7.39. The zero-order chi connectivity index (χ0) is 13.0. The Morgan fingerprint density at radius 3 is 2.50 bits per heavy atom. The van der Waals surface area contributed by atoms with Crippen molar-refractivity contribution in [2.24, 2.45) is 5.92 Å². The van der Waals surface area contributed by atoms with Crippen LogP contribution >= 0.6 is 0 Å². The van der Waals surface area contributed by atoms with E-state index in [0.29, 0.717) is 18.5 Å². The van der Waals surface area contributed by atoms with Gasteiger partial charge in [0, 0.05) is 25.7 Å². The zero-order valence-corrected chi connectivity index (χ0v) is 11.8. The molecule has 0 aromatic carbocycles. The van der Waals surface area contributed by atoms with Crippen LogP contribution in [0.15, 0.2) is 0 Å². The molecule has 1 amide bonds. The van der Waals surface area contributed by atoms with Crippen LogP contribution in [0.5, 0.6) is 0 Å². The van der Waals surface area contributed by atoms with Gasteiger partial charge in [-0.05, 0) is 52.1 Å². The predicted octanol–water partition coefficient (Wildman–Crippen LogP) is 0.929. The molecule has 0 spiro atoms. The summed E-state index contributed by atoms with van der Waals surface area (Å²) in [4.78, 5) is 16.4. The average molecular weight is 253 g/mol. The van der Waals surface area contributed by atoms with Gasteiger partial charge in [-0.1, -0.05) is 0 Å². The summed E-state index contributed by atoms with van der Waals surface area (Å²) in [6.07, 6.45) is 3.68. The highest BCUT2D eigenvalue weighted by Gasteiger charge is 2.25. The van der Waals surface area contributed by atoms with Crippen molar-refractivity contribution in [1.29, 1.82) is 0 Å². The number of piperidine rings is 1. The standard InChI is InChI=1S/C14H27N3O/c1-12(2)17(10-13-4-6-15-7-5-13)11-14(18)16-8-3-9-16/h12-13,15H,3-11H2,1-2H3. The van der Waals surface area contributed by atoms with Crippen LogP contribution in [0.25, 0.3) is 0 Å². The van der Waals surface area contributed by atoms with Gasteiger partial charge in [-0.15, -0.1) is 0 Å². The molecular weight excluding hydrogens is 226 g/mol. The third-order valence-electron chi connectivity index (χ3n) is 4.23. The summed E-state index contributed by atoms with van der Waals surface area (Å²) in [7, 11) is 0. The lowest BCUT2D eigenvalue weighted by molar-refractivity contribution is -0.136. The minimum absolute atomic E-state index is 0.323. The maximum Gasteiger partial charge on any atom is 0.236 e. The Bertz CT molecular complexity index is 270. The van der Waals surface area contributed by atoms with Crippen molar-refractivity contribution in [2.75, 3.05) is 39.3 Å².